The molecule has 0 atom stereocenters. The molecule has 0 bridgehead atoms. The van der Waals surface area contributed by atoms with Crippen molar-refractivity contribution in [3.8, 4) is 11.5 Å². The largest absolute Gasteiger partial charge is 0.419 e. The number of hydrogen-bond acceptors (Lipinski definition) is 5. The Kier molecular flexibility index (Phi) is 6.37. The molecule has 0 spiro atoms. The van der Waals surface area contributed by atoms with Crippen molar-refractivity contribution in [2.45, 2.75) is 26.8 Å². The Balaban J connectivity index is 1.76. The highest BCUT2D eigenvalue weighted by molar-refractivity contribution is 5.51. The normalized spacial score (nSPS) is 11.2. The minimum atomic E-state index is 0.577. The molecular formula is C16H24N4O. The predicted molar refractivity (Wildman–Crippen MR) is 83.8 cm³/mol. The standard InChI is InChI=1S/C16H24N4O/c1-3-11-20(4-2)12-10-17-13-15-18-19-16(21-15)14-8-6-5-7-9-14/h5-9,17H,3-4,10-13H2,1-2H3. The second-order valence-corrected chi connectivity index (χ2v) is 4.98. The molecule has 2 rings (SSSR count). The summed E-state index contributed by atoms with van der Waals surface area (Å²) in [6, 6.07) is 9.83. The summed E-state index contributed by atoms with van der Waals surface area (Å²) in [6.45, 7) is 9.23. The molecule has 0 aliphatic heterocycles. The maximum absolute atomic E-state index is 5.65. The van der Waals surface area contributed by atoms with Gasteiger partial charge in [-0.2, -0.15) is 0 Å². The third kappa shape index (κ3) is 4.95. The third-order valence-corrected chi connectivity index (χ3v) is 3.36. The molecule has 0 aliphatic rings. The van der Waals surface area contributed by atoms with Crippen LogP contribution in [0.2, 0.25) is 0 Å². The van der Waals surface area contributed by atoms with E-state index in [1.165, 1.54) is 6.42 Å². The molecule has 1 aromatic carbocycles. The molecule has 5 heteroatoms. The Labute approximate surface area is 126 Å². The van der Waals surface area contributed by atoms with Crippen molar-refractivity contribution in [1.29, 1.82) is 0 Å². The summed E-state index contributed by atoms with van der Waals surface area (Å²) >= 11 is 0. The molecule has 0 fully saturated rings. The van der Waals surface area contributed by atoms with E-state index >= 15 is 0 Å². The molecule has 21 heavy (non-hydrogen) atoms. The van der Waals surface area contributed by atoms with Crippen LogP contribution in [0.3, 0.4) is 0 Å². The molecule has 0 radical (unpaired) electrons. The van der Waals surface area contributed by atoms with E-state index in [0.29, 0.717) is 18.3 Å². The Morgan fingerprint density at radius 2 is 1.90 bits per heavy atom. The van der Waals surface area contributed by atoms with Gasteiger partial charge in [0.05, 0.1) is 6.54 Å². The average molecular weight is 288 g/mol. The minimum Gasteiger partial charge on any atom is -0.419 e. The number of benzene rings is 1. The van der Waals surface area contributed by atoms with Crippen LogP contribution in [0.5, 0.6) is 0 Å². The summed E-state index contributed by atoms with van der Waals surface area (Å²) in [5.41, 5.74) is 0.955. The maximum atomic E-state index is 5.65. The van der Waals surface area contributed by atoms with Gasteiger partial charge in [0, 0.05) is 18.7 Å². The van der Waals surface area contributed by atoms with Gasteiger partial charge in [-0.3, -0.25) is 0 Å². The van der Waals surface area contributed by atoms with E-state index in [0.717, 1.165) is 31.7 Å². The van der Waals surface area contributed by atoms with Gasteiger partial charge in [0.2, 0.25) is 11.8 Å². The van der Waals surface area contributed by atoms with Gasteiger partial charge in [0.1, 0.15) is 0 Å². The van der Waals surface area contributed by atoms with Crippen LogP contribution in [-0.2, 0) is 6.54 Å². The molecule has 0 unspecified atom stereocenters. The number of aromatic nitrogens is 2. The third-order valence-electron chi connectivity index (χ3n) is 3.36. The molecular weight excluding hydrogens is 264 g/mol. The van der Waals surface area contributed by atoms with Crippen LogP contribution in [0.1, 0.15) is 26.2 Å². The number of rotatable bonds is 9. The van der Waals surface area contributed by atoms with Gasteiger partial charge in [-0.1, -0.05) is 32.0 Å². The van der Waals surface area contributed by atoms with Crippen LogP contribution < -0.4 is 5.32 Å². The molecule has 2 aromatic rings. The summed E-state index contributed by atoms with van der Waals surface area (Å²) < 4.78 is 5.65. The Bertz CT molecular complexity index is 512. The fourth-order valence-corrected chi connectivity index (χ4v) is 2.20. The lowest BCUT2D eigenvalue weighted by Gasteiger charge is -2.19. The Morgan fingerprint density at radius 1 is 1.10 bits per heavy atom. The van der Waals surface area contributed by atoms with Gasteiger partial charge in [0.25, 0.3) is 0 Å². The maximum Gasteiger partial charge on any atom is 0.247 e. The summed E-state index contributed by atoms with van der Waals surface area (Å²) in [5.74, 6) is 1.21. The van der Waals surface area contributed by atoms with E-state index in [-0.39, 0.29) is 0 Å². The molecule has 0 amide bonds. The van der Waals surface area contributed by atoms with E-state index in [4.69, 9.17) is 4.42 Å². The second-order valence-electron chi connectivity index (χ2n) is 4.98. The average Bonchev–Trinajstić information content (AvgIpc) is 3.00. The monoisotopic (exact) mass is 288 g/mol. The van der Waals surface area contributed by atoms with Crippen LogP contribution in [0.15, 0.2) is 34.7 Å². The molecule has 5 nitrogen and oxygen atoms in total. The minimum absolute atomic E-state index is 0.577. The molecule has 1 N–H and O–H groups in total. The van der Waals surface area contributed by atoms with E-state index in [1.807, 2.05) is 30.3 Å². The highest BCUT2D eigenvalue weighted by atomic mass is 16.4. The highest BCUT2D eigenvalue weighted by Gasteiger charge is 2.07. The van der Waals surface area contributed by atoms with E-state index in [9.17, 15) is 0 Å². The van der Waals surface area contributed by atoms with Gasteiger partial charge < -0.3 is 14.6 Å². The highest BCUT2D eigenvalue weighted by Crippen LogP contribution is 2.16. The number of likely N-dealkylation sites (N-methyl/N-ethyl adjacent to an activating group) is 1. The van der Waals surface area contributed by atoms with Crippen molar-refractivity contribution in [2.24, 2.45) is 0 Å². The zero-order valence-corrected chi connectivity index (χ0v) is 12.9. The predicted octanol–water partition coefficient (Wildman–Crippen LogP) is 2.56. The molecule has 0 saturated heterocycles. The molecule has 1 heterocycles. The molecule has 114 valence electrons. The van der Waals surface area contributed by atoms with E-state index < -0.39 is 0 Å². The fourth-order valence-electron chi connectivity index (χ4n) is 2.20. The first kappa shape index (κ1) is 15.7. The first-order chi connectivity index (χ1) is 10.3. The Morgan fingerprint density at radius 3 is 2.62 bits per heavy atom. The first-order valence-corrected chi connectivity index (χ1v) is 7.64. The quantitative estimate of drug-likeness (QED) is 0.719. The smallest absolute Gasteiger partial charge is 0.247 e. The van der Waals surface area contributed by atoms with Crippen molar-refractivity contribution in [3.63, 3.8) is 0 Å². The fraction of sp³-hybridized carbons (Fsp3) is 0.500. The van der Waals surface area contributed by atoms with Crippen LogP contribution >= 0.6 is 0 Å². The zero-order chi connectivity index (χ0) is 14.9. The van der Waals surface area contributed by atoms with Crippen LogP contribution in [-0.4, -0.2) is 41.3 Å². The van der Waals surface area contributed by atoms with Crippen molar-refractivity contribution < 1.29 is 4.42 Å². The number of nitrogens with zero attached hydrogens (tertiary/aromatic N) is 3. The van der Waals surface area contributed by atoms with Gasteiger partial charge >= 0.3 is 0 Å². The Hall–Kier alpha value is -1.72. The zero-order valence-electron chi connectivity index (χ0n) is 12.9. The molecule has 0 aliphatic carbocycles. The van der Waals surface area contributed by atoms with Crippen molar-refractivity contribution in [1.82, 2.24) is 20.4 Å². The molecule has 0 saturated carbocycles. The van der Waals surface area contributed by atoms with Gasteiger partial charge in [-0.25, -0.2) is 0 Å². The van der Waals surface area contributed by atoms with E-state index in [1.54, 1.807) is 0 Å². The number of nitrogens with one attached hydrogen (secondary N) is 1. The summed E-state index contributed by atoms with van der Waals surface area (Å²) in [4.78, 5) is 2.43. The van der Waals surface area contributed by atoms with Crippen LogP contribution in [0.25, 0.3) is 11.5 Å². The van der Waals surface area contributed by atoms with Crippen molar-refractivity contribution >= 4 is 0 Å². The van der Waals surface area contributed by atoms with Crippen LogP contribution in [0.4, 0.5) is 0 Å². The summed E-state index contributed by atoms with van der Waals surface area (Å²) in [6.07, 6.45) is 1.19. The van der Waals surface area contributed by atoms with Crippen molar-refractivity contribution in [2.75, 3.05) is 26.2 Å². The van der Waals surface area contributed by atoms with Gasteiger partial charge in [0.15, 0.2) is 0 Å². The lowest BCUT2D eigenvalue weighted by Crippen LogP contribution is -2.32. The summed E-state index contributed by atoms with van der Waals surface area (Å²) in [7, 11) is 0. The SMILES string of the molecule is CCCN(CC)CCNCc1nnc(-c2ccccc2)o1. The lowest BCUT2D eigenvalue weighted by molar-refractivity contribution is 0.286. The van der Waals surface area contributed by atoms with Crippen LogP contribution in [0, 0.1) is 0 Å². The van der Waals surface area contributed by atoms with Gasteiger partial charge in [-0.05, 0) is 31.6 Å². The number of hydrogen-bond donors (Lipinski definition) is 1. The van der Waals surface area contributed by atoms with E-state index in [2.05, 4.69) is 34.3 Å². The summed E-state index contributed by atoms with van der Waals surface area (Å²) in [5, 5.41) is 11.5. The van der Waals surface area contributed by atoms with Crippen molar-refractivity contribution in [3.05, 3.63) is 36.2 Å². The van der Waals surface area contributed by atoms with Gasteiger partial charge in [-0.15, -0.1) is 10.2 Å². The topological polar surface area (TPSA) is 54.2 Å². The second kappa shape index (κ2) is 8.54. The molecule has 1 aromatic heterocycles. The lowest BCUT2D eigenvalue weighted by atomic mass is 10.2. The first-order valence-electron chi connectivity index (χ1n) is 7.64.